The van der Waals surface area contributed by atoms with Crippen LogP contribution in [0.4, 0.5) is 19.0 Å². The lowest BCUT2D eigenvalue weighted by molar-refractivity contribution is -0.137. The number of fused-ring (bicyclic) bond motifs is 3. The molecule has 1 atom stereocenters. The summed E-state index contributed by atoms with van der Waals surface area (Å²) in [7, 11) is 1.63. The molecule has 6 rings (SSSR count). The van der Waals surface area contributed by atoms with Crippen molar-refractivity contribution in [2.24, 2.45) is 5.92 Å². The van der Waals surface area contributed by atoms with E-state index in [1.54, 1.807) is 23.3 Å². The van der Waals surface area contributed by atoms with E-state index in [4.69, 9.17) is 14.7 Å². The third kappa shape index (κ3) is 5.00. The van der Waals surface area contributed by atoms with Crippen molar-refractivity contribution in [1.29, 1.82) is 0 Å². The Hall–Kier alpha value is -3.66. The van der Waals surface area contributed by atoms with Crippen molar-refractivity contribution in [3.8, 4) is 17.1 Å². The van der Waals surface area contributed by atoms with E-state index in [1.807, 2.05) is 24.3 Å². The van der Waals surface area contributed by atoms with Crippen LogP contribution in [-0.4, -0.2) is 54.1 Å². The van der Waals surface area contributed by atoms with E-state index in [9.17, 15) is 18.0 Å². The summed E-state index contributed by atoms with van der Waals surface area (Å²) in [6, 6.07) is 12.1. The van der Waals surface area contributed by atoms with Crippen molar-refractivity contribution in [3.05, 3.63) is 70.1 Å². The third-order valence-electron chi connectivity index (χ3n) is 7.81. The van der Waals surface area contributed by atoms with E-state index < -0.39 is 11.7 Å². The quantitative estimate of drug-likeness (QED) is 0.283. The fraction of sp³-hybridized carbons (Fsp3) is 0.367. The summed E-state index contributed by atoms with van der Waals surface area (Å²) in [6.07, 6.45) is -1.25. The van der Waals surface area contributed by atoms with Crippen LogP contribution in [0.5, 0.6) is 5.75 Å². The van der Waals surface area contributed by atoms with Crippen LogP contribution in [0.15, 0.2) is 48.5 Å². The summed E-state index contributed by atoms with van der Waals surface area (Å²) in [6.45, 7) is 4.33. The molecule has 0 N–H and O–H groups in total. The number of hydrogen-bond donors (Lipinski definition) is 0. The minimum atomic E-state index is -4.43. The number of hydrogen-bond acceptors (Lipinski definition) is 6. The molecule has 2 aliphatic rings. The molecule has 10 heteroatoms. The normalized spacial score (nSPS) is 17.7. The predicted molar refractivity (Wildman–Crippen MR) is 150 cm³/mol. The van der Waals surface area contributed by atoms with Gasteiger partial charge in [0.05, 0.1) is 18.1 Å². The molecule has 2 aromatic carbocycles. The number of methoxy groups -OCH3 is 1. The van der Waals surface area contributed by atoms with E-state index in [1.165, 1.54) is 22.6 Å². The number of halogens is 3. The molecule has 0 radical (unpaired) electrons. The number of benzene rings is 2. The standard InChI is InChI=1S/C30H29F3N4O2S/c1-18-3-12-23-24(17-18)40-28-25(23)27(34-26(35-28)19-6-10-22(39-2)11-7-19)36-13-15-37(16-14-36)29(38)20-4-8-21(9-5-20)30(31,32)33/h4-11,18H,3,12-17H2,1-2H3. The number of carbonyl (C=O) groups excluding carboxylic acids is 1. The second-order valence-electron chi connectivity index (χ2n) is 10.5. The Labute approximate surface area is 234 Å². The van der Waals surface area contributed by atoms with Gasteiger partial charge in [0.1, 0.15) is 16.4 Å². The van der Waals surface area contributed by atoms with E-state index in [0.29, 0.717) is 37.9 Å². The zero-order chi connectivity index (χ0) is 28.0. The zero-order valence-corrected chi connectivity index (χ0v) is 23.1. The molecule has 0 bridgehead atoms. The number of alkyl halides is 3. The Morgan fingerprint density at radius 1 is 1.00 bits per heavy atom. The minimum Gasteiger partial charge on any atom is -0.497 e. The lowest BCUT2D eigenvalue weighted by atomic mass is 9.89. The number of nitrogens with zero attached hydrogens (tertiary/aromatic N) is 4. The number of aromatic nitrogens is 2. The molecule has 3 heterocycles. The number of aryl methyl sites for hydroxylation is 1. The van der Waals surface area contributed by atoms with Gasteiger partial charge in [0.25, 0.3) is 5.91 Å². The fourth-order valence-electron chi connectivity index (χ4n) is 5.53. The van der Waals surface area contributed by atoms with Gasteiger partial charge in [-0.15, -0.1) is 11.3 Å². The molecule has 1 fully saturated rings. The molecule has 1 amide bonds. The Kier molecular flexibility index (Phi) is 6.90. The highest BCUT2D eigenvalue weighted by molar-refractivity contribution is 7.19. The number of thiophene rings is 1. The molecule has 0 saturated carbocycles. The minimum absolute atomic E-state index is 0.258. The topological polar surface area (TPSA) is 58.6 Å². The van der Waals surface area contributed by atoms with E-state index in [-0.39, 0.29) is 11.5 Å². The predicted octanol–water partition coefficient (Wildman–Crippen LogP) is 6.47. The van der Waals surface area contributed by atoms with Crippen LogP contribution >= 0.6 is 11.3 Å². The SMILES string of the molecule is COc1ccc(-c2nc(N3CCN(C(=O)c4ccc(C(F)(F)F)cc4)CC3)c3c4c(sc3n2)CC(C)CC4)cc1. The van der Waals surface area contributed by atoms with Crippen LogP contribution < -0.4 is 9.64 Å². The maximum Gasteiger partial charge on any atom is 0.416 e. The van der Waals surface area contributed by atoms with Crippen molar-refractivity contribution in [2.75, 3.05) is 38.2 Å². The van der Waals surface area contributed by atoms with Crippen LogP contribution in [0.3, 0.4) is 0 Å². The molecular weight excluding hydrogens is 537 g/mol. The average molecular weight is 567 g/mol. The van der Waals surface area contributed by atoms with E-state index in [0.717, 1.165) is 58.7 Å². The van der Waals surface area contributed by atoms with Crippen molar-refractivity contribution in [3.63, 3.8) is 0 Å². The van der Waals surface area contributed by atoms with Gasteiger partial charge in [0.2, 0.25) is 0 Å². The molecule has 40 heavy (non-hydrogen) atoms. The number of anilines is 1. The summed E-state index contributed by atoms with van der Waals surface area (Å²) in [5.74, 6) is 2.68. The van der Waals surface area contributed by atoms with Gasteiger partial charge in [-0.2, -0.15) is 13.2 Å². The maximum atomic E-state index is 13.1. The number of carbonyl (C=O) groups is 1. The lowest BCUT2D eigenvalue weighted by Gasteiger charge is -2.36. The van der Waals surface area contributed by atoms with Gasteiger partial charge in [-0.05, 0) is 79.3 Å². The molecular formula is C30H29F3N4O2S. The molecule has 4 aromatic rings. The Morgan fingerprint density at radius 2 is 1.70 bits per heavy atom. The van der Waals surface area contributed by atoms with Gasteiger partial charge >= 0.3 is 6.18 Å². The van der Waals surface area contributed by atoms with Gasteiger partial charge in [0.15, 0.2) is 5.82 Å². The van der Waals surface area contributed by atoms with Crippen molar-refractivity contribution < 1.29 is 22.7 Å². The highest BCUT2D eigenvalue weighted by atomic mass is 32.1. The Balaban J connectivity index is 1.29. The van der Waals surface area contributed by atoms with Gasteiger partial charge in [0, 0.05) is 42.2 Å². The van der Waals surface area contributed by atoms with Gasteiger partial charge < -0.3 is 14.5 Å². The summed E-state index contributed by atoms with van der Waals surface area (Å²) in [5, 5.41) is 1.12. The Morgan fingerprint density at radius 3 is 2.35 bits per heavy atom. The molecule has 0 spiro atoms. The number of amides is 1. The number of ether oxygens (including phenoxy) is 1. The second-order valence-corrected chi connectivity index (χ2v) is 11.6. The van der Waals surface area contributed by atoms with Crippen LogP contribution in [0, 0.1) is 5.92 Å². The van der Waals surface area contributed by atoms with E-state index in [2.05, 4.69) is 11.8 Å². The third-order valence-corrected chi connectivity index (χ3v) is 8.96. The molecule has 1 unspecified atom stereocenters. The van der Waals surface area contributed by atoms with Crippen LogP contribution in [0.25, 0.3) is 21.6 Å². The highest BCUT2D eigenvalue weighted by Gasteiger charge is 2.32. The first-order valence-electron chi connectivity index (χ1n) is 13.4. The first-order chi connectivity index (χ1) is 19.2. The van der Waals surface area contributed by atoms with Gasteiger partial charge in [-0.25, -0.2) is 9.97 Å². The zero-order valence-electron chi connectivity index (χ0n) is 22.3. The monoisotopic (exact) mass is 566 g/mol. The average Bonchev–Trinajstić information content (AvgIpc) is 3.33. The molecule has 208 valence electrons. The maximum absolute atomic E-state index is 13.1. The first-order valence-corrected chi connectivity index (χ1v) is 14.2. The van der Waals surface area contributed by atoms with Crippen LogP contribution in [-0.2, 0) is 19.0 Å². The highest BCUT2D eigenvalue weighted by Crippen LogP contribution is 2.42. The molecule has 6 nitrogen and oxygen atoms in total. The smallest absolute Gasteiger partial charge is 0.416 e. The van der Waals surface area contributed by atoms with E-state index >= 15 is 0 Å². The van der Waals surface area contributed by atoms with Crippen LogP contribution in [0.2, 0.25) is 0 Å². The second kappa shape index (κ2) is 10.4. The van der Waals surface area contributed by atoms with Crippen molar-refractivity contribution in [1.82, 2.24) is 14.9 Å². The summed E-state index contributed by atoms with van der Waals surface area (Å²) in [4.78, 5) is 29.4. The van der Waals surface area contributed by atoms with Gasteiger partial charge in [-0.1, -0.05) is 6.92 Å². The van der Waals surface area contributed by atoms with Crippen molar-refractivity contribution in [2.45, 2.75) is 32.4 Å². The Bertz CT molecular complexity index is 1540. The number of rotatable bonds is 4. The largest absolute Gasteiger partial charge is 0.497 e. The van der Waals surface area contributed by atoms with Gasteiger partial charge in [-0.3, -0.25) is 4.79 Å². The van der Waals surface area contributed by atoms with Crippen LogP contribution in [0.1, 0.15) is 39.7 Å². The fourth-order valence-corrected chi connectivity index (χ4v) is 6.90. The first kappa shape index (κ1) is 26.6. The molecule has 1 aliphatic carbocycles. The molecule has 1 saturated heterocycles. The summed E-state index contributed by atoms with van der Waals surface area (Å²) >= 11 is 1.76. The summed E-state index contributed by atoms with van der Waals surface area (Å²) in [5.41, 5.74) is 1.74. The molecule has 1 aliphatic heterocycles. The van der Waals surface area contributed by atoms with Crippen molar-refractivity contribution >= 4 is 33.3 Å². The number of piperazine rings is 1. The summed E-state index contributed by atoms with van der Waals surface area (Å²) < 4.78 is 44.2. The lowest BCUT2D eigenvalue weighted by Crippen LogP contribution is -2.49. The molecule has 2 aromatic heterocycles.